The molecule has 3 nitrogen and oxygen atoms in total. The fourth-order valence-corrected chi connectivity index (χ4v) is 3.42. The van der Waals surface area contributed by atoms with Crippen LogP contribution >= 0.6 is 0 Å². The van der Waals surface area contributed by atoms with Gasteiger partial charge in [-0.3, -0.25) is 4.79 Å². The molecule has 0 bridgehead atoms. The summed E-state index contributed by atoms with van der Waals surface area (Å²) in [6, 6.07) is 0. The first-order valence-corrected chi connectivity index (χ1v) is 7.61. The maximum Gasteiger partial charge on any atom is 0.223 e. The van der Waals surface area contributed by atoms with E-state index in [1.54, 1.807) is 0 Å². The topological polar surface area (TPSA) is 32.3 Å². The highest BCUT2D eigenvalue weighted by molar-refractivity contribution is 5.77. The summed E-state index contributed by atoms with van der Waals surface area (Å²) in [5, 5.41) is 3.37. The Labute approximate surface area is 111 Å². The van der Waals surface area contributed by atoms with Gasteiger partial charge in [-0.15, -0.1) is 0 Å². The fourth-order valence-electron chi connectivity index (χ4n) is 3.42. The Balaban J connectivity index is 1.73. The van der Waals surface area contributed by atoms with Crippen molar-refractivity contribution in [1.82, 2.24) is 10.2 Å². The molecule has 0 spiro atoms. The van der Waals surface area contributed by atoms with Gasteiger partial charge >= 0.3 is 0 Å². The van der Waals surface area contributed by atoms with E-state index in [9.17, 15) is 4.79 Å². The van der Waals surface area contributed by atoms with E-state index in [4.69, 9.17) is 0 Å². The first-order valence-electron chi connectivity index (χ1n) is 7.61. The van der Waals surface area contributed by atoms with E-state index in [-0.39, 0.29) is 5.54 Å². The number of nitrogens with zero attached hydrogens (tertiary/aromatic N) is 1. The molecule has 104 valence electrons. The molecule has 1 saturated carbocycles. The molecule has 0 aromatic rings. The van der Waals surface area contributed by atoms with E-state index in [2.05, 4.69) is 24.1 Å². The SMILES string of the molecule is CC1(C)CNCCN1C(=O)CCCC1CCCC1. The molecule has 1 aliphatic carbocycles. The first-order chi connectivity index (χ1) is 8.59. The van der Waals surface area contributed by atoms with Gasteiger partial charge in [0, 0.05) is 31.6 Å². The van der Waals surface area contributed by atoms with Crippen LogP contribution in [0.2, 0.25) is 0 Å². The van der Waals surface area contributed by atoms with E-state index >= 15 is 0 Å². The number of rotatable bonds is 4. The second-order valence-corrected chi connectivity index (χ2v) is 6.58. The Hall–Kier alpha value is -0.570. The van der Waals surface area contributed by atoms with Gasteiger partial charge in [0.05, 0.1) is 0 Å². The first kappa shape index (κ1) is 13.9. The molecule has 2 fully saturated rings. The van der Waals surface area contributed by atoms with Crippen LogP contribution in [0, 0.1) is 5.92 Å². The molecule has 0 aromatic carbocycles. The van der Waals surface area contributed by atoms with Crippen LogP contribution in [0.3, 0.4) is 0 Å². The van der Waals surface area contributed by atoms with Crippen molar-refractivity contribution in [2.45, 2.75) is 64.3 Å². The molecule has 18 heavy (non-hydrogen) atoms. The van der Waals surface area contributed by atoms with Crippen molar-refractivity contribution in [2.24, 2.45) is 5.92 Å². The summed E-state index contributed by atoms with van der Waals surface area (Å²) in [7, 11) is 0. The van der Waals surface area contributed by atoms with Crippen molar-refractivity contribution in [2.75, 3.05) is 19.6 Å². The molecular formula is C15H28N2O. The predicted molar refractivity (Wildman–Crippen MR) is 74.5 cm³/mol. The Morgan fingerprint density at radius 3 is 2.72 bits per heavy atom. The molecular weight excluding hydrogens is 224 g/mol. The van der Waals surface area contributed by atoms with Crippen molar-refractivity contribution < 1.29 is 4.79 Å². The number of carbonyl (C=O) groups excluding carboxylic acids is 1. The highest BCUT2D eigenvalue weighted by Gasteiger charge is 2.32. The van der Waals surface area contributed by atoms with E-state index < -0.39 is 0 Å². The molecule has 2 rings (SSSR count). The van der Waals surface area contributed by atoms with Crippen LogP contribution in [-0.4, -0.2) is 36.0 Å². The summed E-state index contributed by atoms with van der Waals surface area (Å²) >= 11 is 0. The molecule has 1 saturated heterocycles. The third kappa shape index (κ3) is 3.47. The van der Waals surface area contributed by atoms with Gasteiger partial charge < -0.3 is 10.2 Å². The molecule has 0 atom stereocenters. The van der Waals surface area contributed by atoms with E-state index in [1.165, 1.54) is 32.1 Å². The highest BCUT2D eigenvalue weighted by Crippen LogP contribution is 2.29. The van der Waals surface area contributed by atoms with Gasteiger partial charge in [0.1, 0.15) is 0 Å². The summed E-state index contributed by atoms with van der Waals surface area (Å²) in [6.45, 7) is 7.05. The maximum absolute atomic E-state index is 12.3. The van der Waals surface area contributed by atoms with Crippen LogP contribution < -0.4 is 5.32 Å². The number of hydrogen-bond donors (Lipinski definition) is 1. The zero-order valence-corrected chi connectivity index (χ0v) is 12.0. The summed E-state index contributed by atoms with van der Waals surface area (Å²) < 4.78 is 0. The third-order valence-electron chi connectivity index (χ3n) is 4.58. The second-order valence-electron chi connectivity index (χ2n) is 6.58. The standard InChI is InChI=1S/C15H28N2O/c1-15(2)12-16-10-11-17(15)14(18)9-5-8-13-6-3-4-7-13/h13,16H,3-12H2,1-2H3. The molecule has 1 N–H and O–H groups in total. The predicted octanol–water partition coefficient (Wildman–Crippen LogP) is 2.56. The Kier molecular flexibility index (Phi) is 4.66. The van der Waals surface area contributed by atoms with Gasteiger partial charge in [-0.2, -0.15) is 0 Å². The molecule has 1 heterocycles. The zero-order chi connectivity index (χ0) is 13.0. The minimum absolute atomic E-state index is 0.0112. The minimum atomic E-state index is -0.0112. The Morgan fingerprint density at radius 2 is 2.06 bits per heavy atom. The lowest BCUT2D eigenvalue weighted by Gasteiger charge is -2.43. The van der Waals surface area contributed by atoms with Crippen molar-refractivity contribution in [3.8, 4) is 0 Å². The zero-order valence-electron chi connectivity index (χ0n) is 12.0. The quantitative estimate of drug-likeness (QED) is 0.834. The monoisotopic (exact) mass is 252 g/mol. The van der Waals surface area contributed by atoms with E-state index in [0.29, 0.717) is 5.91 Å². The van der Waals surface area contributed by atoms with Gasteiger partial charge in [0.2, 0.25) is 5.91 Å². The minimum Gasteiger partial charge on any atom is -0.335 e. The van der Waals surface area contributed by atoms with Crippen molar-refractivity contribution in [3.05, 3.63) is 0 Å². The average Bonchev–Trinajstić information content (AvgIpc) is 2.81. The van der Waals surface area contributed by atoms with Crippen LogP contribution in [0.15, 0.2) is 0 Å². The lowest BCUT2D eigenvalue weighted by Crippen LogP contribution is -2.59. The van der Waals surface area contributed by atoms with Gasteiger partial charge in [0.15, 0.2) is 0 Å². The Bertz CT molecular complexity index is 282. The molecule has 0 unspecified atom stereocenters. The summed E-state index contributed by atoms with van der Waals surface area (Å²) in [5.74, 6) is 1.27. The highest BCUT2D eigenvalue weighted by atomic mass is 16.2. The molecule has 0 radical (unpaired) electrons. The third-order valence-corrected chi connectivity index (χ3v) is 4.58. The number of carbonyl (C=O) groups is 1. The summed E-state index contributed by atoms with van der Waals surface area (Å²) in [5.41, 5.74) is -0.0112. The molecule has 1 amide bonds. The molecule has 3 heteroatoms. The second kappa shape index (κ2) is 6.05. The number of nitrogens with one attached hydrogen (secondary N) is 1. The van der Waals surface area contributed by atoms with Gasteiger partial charge in [-0.25, -0.2) is 0 Å². The van der Waals surface area contributed by atoms with Crippen LogP contribution in [0.4, 0.5) is 0 Å². The van der Waals surface area contributed by atoms with Crippen molar-refractivity contribution >= 4 is 5.91 Å². The van der Waals surface area contributed by atoms with Crippen LogP contribution in [0.25, 0.3) is 0 Å². The molecule has 2 aliphatic rings. The summed E-state index contributed by atoms with van der Waals surface area (Å²) in [4.78, 5) is 14.4. The smallest absolute Gasteiger partial charge is 0.223 e. The van der Waals surface area contributed by atoms with Crippen LogP contribution in [0.1, 0.15) is 58.8 Å². The van der Waals surface area contributed by atoms with Gasteiger partial charge in [-0.1, -0.05) is 25.7 Å². The van der Waals surface area contributed by atoms with Crippen LogP contribution in [0.5, 0.6) is 0 Å². The molecule has 0 aromatic heterocycles. The Morgan fingerprint density at radius 1 is 1.33 bits per heavy atom. The van der Waals surface area contributed by atoms with Gasteiger partial charge in [-0.05, 0) is 32.6 Å². The lowest BCUT2D eigenvalue weighted by molar-refractivity contribution is -0.137. The van der Waals surface area contributed by atoms with Crippen molar-refractivity contribution in [3.63, 3.8) is 0 Å². The number of piperazine rings is 1. The van der Waals surface area contributed by atoms with Crippen LogP contribution in [-0.2, 0) is 4.79 Å². The number of hydrogen-bond acceptors (Lipinski definition) is 2. The lowest BCUT2D eigenvalue weighted by atomic mass is 9.97. The van der Waals surface area contributed by atoms with Gasteiger partial charge in [0.25, 0.3) is 0 Å². The van der Waals surface area contributed by atoms with E-state index in [0.717, 1.165) is 38.4 Å². The number of amides is 1. The molecule has 1 aliphatic heterocycles. The fraction of sp³-hybridized carbons (Fsp3) is 0.933. The summed E-state index contributed by atoms with van der Waals surface area (Å²) in [6.07, 6.45) is 8.70. The largest absolute Gasteiger partial charge is 0.335 e. The average molecular weight is 252 g/mol. The maximum atomic E-state index is 12.3. The normalized spacial score (nSPS) is 24.4. The van der Waals surface area contributed by atoms with Crippen molar-refractivity contribution in [1.29, 1.82) is 0 Å². The van der Waals surface area contributed by atoms with E-state index in [1.807, 2.05) is 0 Å².